The lowest BCUT2D eigenvalue weighted by molar-refractivity contribution is 0.701. The fraction of sp³-hybridized carbons (Fsp3) is 0.615. The van der Waals surface area contributed by atoms with Crippen molar-refractivity contribution in [2.75, 3.05) is 30.4 Å². The Kier molecular flexibility index (Phi) is 6.55. The van der Waals surface area contributed by atoms with Gasteiger partial charge in [0.05, 0.1) is 12.5 Å². The highest BCUT2D eigenvalue weighted by Crippen LogP contribution is 2.13. The van der Waals surface area contributed by atoms with Gasteiger partial charge in [-0.3, -0.25) is 0 Å². The van der Waals surface area contributed by atoms with Gasteiger partial charge in [-0.05, 0) is 6.42 Å². The summed E-state index contributed by atoms with van der Waals surface area (Å²) in [5.41, 5.74) is 0. The van der Waals surface area contributed by atoms with Crippen LogP contribution in [0.1, 0.15) is 32.6 Å². The van der Waals surface area contributed by atoms with Crippen LogP contribution in [0.2, 0.25) is 0 Å². The Labute approximate surface area is 109 Å². The summed E-state index contributed by atoms with van der Waals surface area (Å²) in [6, 6.07) is 4.01. The van der Waals surface area contributed by atoms with Crippen molar-refractivity contribution in [3.8, 4) is 6.07 Å². The molecule has 0 aliphatic rings. The first kappa shape index (κ1) is 14.2. The van der Waals surface area contributed by atoms with Crippen LogP contribution in [-0.4, -0.2) is 30.1 Å². The molecule has 0 fully saturated rings. The topological polar surface area (TPSA) is 64.8 Å². The van der Waals surface area contributed by atoms with E-state index in [4.69, 9.17) is 5.26 Å². The maximum Gasteiger partial charge on any atom is 0.133 e. The molecule has 0 spiro atoms. The largest absolute Gasteiger partial charge is 0.369 e. The molecule has 5 nitrogen and oxygen atoms in total. The highest BCUT2D eigenvalue weighted by atomic mass is 15.2. The molecule has 0 amide bonds. The number of unbranched alkanes of at least 4 members (excludes halogenated alkanes) is 2. The van der Waals surface area contributed by atoms with Crippen molar-refractivity contribution in [2.24, 2.45) is 0 Å². The van der Waals surface area contributed by atoms with Crippen LogP contribution < -0.4 is 10.2 Å². The normalized spacial score (nSPS) is 9.83. The fourth-order valence-corrected chi connectivity index (χ4v) is 1.61. The van der Waals surface area contributed by atoms with E-state index in [0.717, 1.165) is 18.2 Å². The molecule has 1 rings (SSSR count). The second kappa shape index (κ2) is 8.29. The Bertz CT molecular complexity index is 385. The molecule has 1 heterocycles. The molecule has 5 heteroatoms. The summed E-state index contributed by atoms with van der Waals surface area (Å²) in [4.78, 5) is 10.5. The second-order valence-electron chi connectivity index (χ2n) is 4.22. The summed E-state index contributed by atoms with van der Waals surface area (Å²) in [6.45, 7) is 3.82. The Morgan fingerprint density at radius 2 is 2.22 bits per heavy atom. The van der Waals surface area contributed by atoms with Crippen LogP contribution in [0.25, 0.3) is 0 Å². The lowest BCUT2D eigenvalue weighted by Crippen LogP contribution is -2.20. The Morgan fingerprint density at radius 1 is 1.39 bits per heavy atom. The van der Waals surface area contributed by atoms with Crippen LogP contribution in [0.3, 0.4) is 0 Å². The number of aromatic nitrogens is 2. The van der Waals surface area contributed by atoms with Crippen molar-refractivity contribution in [1.29, 1.82) is 5.26 Å². The minimum Gasteiger partial charge on any atom is -0.369 e. The first-order valence-electron chi connectivity index (χ1n) is 6.42. The molecule has 1 aromatic heterocycles. The van der Waals surface area contributed by atoms with Gasteiger partial charge in [0.15, 0.2) is 0 Å². The number of nitrogens with one attached hydrogen (secondary N) is 1. The van der Waals surface area contributed by atoms with Gasteiger partial charge in [0.25, 0.3) is 0 Å². The molecular weight excluding hydrogens is 226 g/mol. The summed E-state index contributed by atoms with van der Waals surface area (Å²) in [5.74, 6) is 1.69. The minimum absolute atomic E-state index is 0.478. The van der Waals surface area contributed by atoms with Crippen LogP contribution in [0.15, 0.2) is 12.4 Å². The number of hydrogen-bond donors (Lipinski definition) is 1. The summed E-state index contributed by atoms with van der Waals surface area (Å²) in [7, 11) is 2.04. The van der Waals surface area contributed by atoms with E-state index in [0.29, 0.717) is 13.0 Å². The van der Waals surface area contributed by atoms with Crippen LogP contribution in [0, 0.1) is 11.3 Å². The summed E-state index contributed by atoms with van der Waals surface area (Å²) >= 11 is 0. The first-order chi connectivity index (χ1) is 8.77. The van der Waals surface area contributed by atoms with E-state index in [1.54, 1.807) is 6.33 Å². The molecule has 0 radical (unpaired) electrons. The standard InChI is InChI=1S/C13H21N5/c1-3-4-5-9-18(2)13-10-12(16-11-17-13)15-8-6-7-14/h10-11H,3-6,8-9H2,1-2H3,(H,15,16,17). The number of anilines is 2. The number of nitriles is 1. The van der Waals surface area contributed by atoms with Gasteiger partial charge in [-0.1, -0.05) is 19.8 Å². The van der Waals surface area contributed by atoms with Crippen LogP contribution in [-0.2, 0) is 0 Å². The van der Waals surface area contributed by atoms with Crippen molar-refractivity contribution >= 4 is 11.6 Å². The van der Waals surface area contributed by atoms with E-state index >= 15 is 0 Å². The molecule has 0 saturated carbocycles. The van der Waals surface area contributed by atoms with Crippen molar-refractivity contribution in [3.05, 3.63) is 12.4 Å². The number of rotatable bonds is 8. The number of nitrogens with zero attached hydrogens (tertiary/aromatic N) is 4. The average Bonchev–Trinajstić information content (AvgIpc) is 2.39. The van der Waals surface area contributed by atoms with Gasteiger partial charge in [0, 0.05) is 26.2 Å². The molecule has 1 N–H and O–H groups in total. The third-order valence-electron chi connectivity index (χ3n) is 2.68. The maximum atomic E-state index is 8.48. The molecule has 0 aromatic carbocycles. The highest BCUT2D eigenvalue weighted by molar-refractivity contribution is 5.47. The maximum absolute atomic E-state index is 8.48. The van der Waals surface area contributed by atoms with E-state index in [1.807, 2.05) is 13.1 Å². The monoisotopic (exact) mass is 247 g/mol. The fourth-order valence-electron chi connectivity index (χ4n) is 1.61. The zero-order valence-electron chi connectivity index (χ0n) is 11.2. The van der Waals surface area contributed by atoms with E-state index in [1.165, 1.54) is 19.3 Å². The van der Waals surface area contributed by atoms with Crippen molar-refractivity contribution in [1.82, 2.24) is 9.97 Å². The third-order valence-corrected chi connectivity index (χ3v) is 2.68. The lowest BCUT2D eigenvalue weighted by atomic mass is 10.2. The average molecular weight is 247 g/mol. The van der Waals surface area contributed by atoms with E-state index in [-0.39, 0.29) is 0 Å². The highest BCUT2D eigenvalue weighted by Gasteiger charge is 2.03. The first-order valence-corrected chi connectivity index (χ1v) is 6.42. The third kappa shape index (κ3) is 5.00. The summed E-state index contributed by atoms with van der Waals surface area (Å²) in [5, 5.41) is 11.6. The summed E-state index contributed by atoms with van der Waals surface area (Å²) < 4.78 is 0. The minimum atomic E-state index is 0.478. The molecule has 0 atom stereocenters. The quantitative estimate of drug-likeness (QED) is 0.715. The molecule has 0 bridgehead atoms. The van der Waals surface area contributed by atoms with Crippen molar-refractivity contribution in [3.63, 3.8) is 0 Å². The smallest absolute Gasteiger partial charge is 0.133 e. The van der Waals surface area contributed by atoms with Crippen LogP contribution >= 0.6 is 0 Å². The van der Waals surface area contributed by atoms with Gasteiger partial charge in [0.2, 0.25) is 0 Å². The van der Waals surface area contributed by atoms with Gasteiger partial charge in [0.1, 0.15) is 18.0 Å². The van der Waals surface area contributed by atoms with Gasteiger partial charge in [-0.15, -0.1) is 0 Å². The zero-order valence-corrected chi connectivity index (χ0v) is 11.2. The van der Waals surface area contributed by atoms with E-state index < -0.39 is 0 Å². The predicted octanol–water partition coefficient (Wildman–Crippen LogP) is 2.43. The number of hydrogen-bond acceptors (Lipinski definition) is 5. The van der Waals surface area contributed by atoms with Gasteiger partial charge >= 0.3 is 0 Å². The Hall–Kier alpha value is -1.83. The van der Waals surface area contributed by atoms with Gasteiger partial charge in [-0.25, -0.2) is 9.97 Å². The molecule has 0 aliphatic carbocycles. The Balaban J connectivity index is 2.50. The van der Waals surface area contributed by atoms with E-state index in [9.17, 15) is 0 Å². The molecule has 0 unspecified atom stereocenters. The van der Waals surface area contributed by atoms with Crippen molar-refractivity contribution in [2.45, 2.75) is 32.6 Å². The molecule has 1 aromatic rings. The van der Waals surface area contributed by atoms with Gasteiger partial charge in [-0.2, -0.15) is 5.26 Å². The molecular formula is C13H21N5. The SMILES string of the molecule is CCCCCN(C)c1cc(NCCC#N)ncn1. The van der Waals surface area contributed by atoms with Crippen LogP contribution in [0.4, 0.5) is 11.6 Å². The zero-order chi connectivity index (χ0) is 13.2. The van der Waals surface area contributed by atoms with Crippen LogP contribution in [0.5, 0.6) is 0 Å². The molecule has 98 valence electrons. The second-order valence-corrected chi connectivity index (χ2v) is 4.22. The summed E-state index contributed by atoms with van der Waals surface area (Å²) in [6.07, 6.45) is 5.67. The molecule has 18 heavy (non-hydrogen) atoms. The van der Waals surface area contributed by atoms with E-state index in [2.05, 4.69) is 33.2 Å². The lowest BCUT2D eigenvalue weighted by Gasteiger charge is -2.18. The predicted molar refractivity (Wildman–Crippen MR) is 73.5 cm³/mol. The van der Waals surface area contributed by atoms with Crippen molar-refractivity contribution < 1.29 is 0 Å². The molecule has 0 aliphatic heterocycles. The molecule has 0 saturated heterocycles. The Morgan fingerprint density at radius 3 is 2.94 bits per heavy atom. The van der Waals surface area contributed by atoms with Gasteiger partial charge < -0.3 is 10.2 Å².